The molecule has 4 atom stereocenters. The van der Waals surface area contributed by atoms with E-state index in [1.807, 2.05) is 6.92 Å². The van der Waals surface area contributed by atoms with Crippen molar-refractivity contribution in [3.05, 3.63) is 12.2 Å². The quantitative estimate of drug-likeness (QED) is 0.289. The van der Waals surface area contributed by atoms with Gasteiger partial charge >= 0.3 is 0 Å². The molecule has 0 aliphatic carbocycles. The number of hydrogen-bond acceptors (Lipinski definition) is 3. The second-order valence-corrected chi connectivity index (χ2v) is 14.8. The average Bonchev–Trinajstić information content (AvgIpc) is 2.89. The number of ether oxygens (including phenoxy) is 1. The Morgan fingerprint density at radius 2 is 1.96 bits per heavy atom. The van der Waals surface area contributed by atoms with Crippen LogP contribution in [0.2, 0.25) is 18.1 Å². The average molecular weight is 397 g/mol. The first kappa shape index (κ1) is 24.6. The summed E-state index contributed by atoms with van der Waals surface area (Å²) >= 11 is 0. The SMILES string of the molecule is C=C1C[C@H](CCCC)OC1CC[C@H](C[C@@H](C)C(C)=O)O[Si](C)(C)C(C)(C)C. The highest BCUT2D eigenvalue weighted by Gasteiger charge is 2.40. The smallest absolute Gasteiger partial charge is 0.192 e. The van der Waals surface area contributed by atoms with E-state index in [9.17, 15) is 4.79 Å². The van der Waals surface area contributed by atoms with E-state index in [2.05, 4.69) is 47.4 Å². The Morgan fingerprint density at radius 3 is 2.48 bits per heavy atom. The van der Waals surface area contributed by atoms with Gasteiger partial charge in [0, 0.05) is 12.0 Å². The maximum atomic E-state index is 11.8. The molecule has 1 heterocycles. The largest absolute Gasteiger partial charge is 0.414 e. The molecule has 1 fully saturated rings. The van der Waals surface area contributed by atoms with Gasteiger partial charge in [-0.05, 0) is 62.7 Å². The molecule has 0 N–H and O–H groups in total. The lowest BCUT2D eigenvalue weighted by atomic mass is 9.95. The topological polar surface area (TPSA) is 35.5 Å². The van der Waals surface area contributed by atoms with Crippen LogP contribution in [-0.4, -0.2) is 32.4 Å². The highest BCUT2D eigenvalue weighted by atomic mass is 28.4. The van der Waals surface area contributed by atoms with Crippen molar-refractivity contribution in [2.45, 2.75) is 123 Å². The van der Waals surface area contributed by atoms with Crippen molar-refractivity contribution in [1.29, 1.82) is 0 Å². The number of hydrogen-bond donors (Lipinski definition) is 0. The van der Waals surface area contributed by atoms with E-state index in [-0.39, 0.29) is 28.9 Å². The Labute approximate surface area is 169 Å². The molecule has 1 unspecified atom stereocenters. The monoisotopic (exact) mass is 396 g/mol. The fourth-order valence-electron chi connectivity index (χ4n) is 3.39. The van der Waals surface area contributed by atoms with Gasteiger partial charge in [-0.2, -0.15) is 0 Å². The third-order valence-electron chi connectivity index (χ3n) is 6.51. The van der Waals surface area contributed by atoms with Crippen LogP contribution in [0.3, 0.4) is 0 Å². The van der Waals surface area contributed by atoms with E-state index < -0.39 is 8.32 Å². The molecular weight excluding hydrogens is 352 g/mol. The molecule has 1 aliphatic rings. The van der Waals surface area contributed by atoms with Crippen LogP contribution < -0.4 is 0 Å². The van der Waals surface area contributed by atoms with Crippen LogP contribution in [0, 0.1) is 5.92 Å². The van der Waals surface area contributed by atoms with Crippen LogP contribution in [0.4, 0.5) is 0 Å². The van der Waals surface area contributed by atoms with Gasteiger partial charge < -0.3 is 9.16 Å². The van der Waals surface area contributed by atoms with Gasteiger partial charge in [-0.1, -0.05) is 54.0 Å². The molecule has 1 saturated heterocycles. The first-order chi connectivity index (χ1) is 12.4. The van der Waals surface area contributed by atoms with Crippen LogP contribution in [0.5, 0.6) is 0 Å². The number of carbonyl (C=O) groups is 1. The maximum Gasteiger partial charge on any atom is 0.192 e. The zero-order chi connectivity index (χ0) is 20.8. The van der Waals surface area contributed by atoms with Gasteiger partial charge in [-0.3, -0.25) is 4.79 Å². The summed E-state index contributed by atoms with van der Waals surface area (Å²) in [5, 5.41) is 0.170. The first-order valence-corrected chi connectivity index (χ1v) is 13.8. The van der Waals surface area contributed by atoms with E-state index >= 15 is 0 Å². The zero-order valence-electron chi connectivity index (χ0n) is 19.2. The summed E-state index contributed by atoms with van der Waals surface area (Å²) in [7, 11) is -1.87. The summed E-state index contributed by atoms with van der Waals surface area (Å²) in [4.78, 5) is 11.8. The molecule has 1 rings (SSSR count). The number of ketones is 1. The van der Waals surface area contributed by atoms with Crippen molar-refractivity contribution in [1.82, 2.24) is 0 Å². The van der Waals surface area contributed by atoms with Crippen molar-refractivity contribution in [2.75, 3.05) is 0 Å². The van der Waals surface area contributed by atoms with E-state index in [1.165, 1.54) is 18.4 Å². The second kappa shape index (κ2) is 10.4. The molecule has 0 aromatic carbocycles. The second-order valence-electron chi connectivity index (χ2n) is 10.1. The Bertz CT molecular complexity index is 492. The molecule has 27 heavy (non-hydrogen) atoms. The Balaban J connectivity index is 2.71. The molecule has 4 heteroatoms. The fourth-order valence-corrected chi connectivity index (χ4v) is 4.79. The predicted molar refractivity (Wildman–Crippen MR) is 118 cm³/mol. The number of carbonyl (C=O) groups excluding carboxylic acids is 1. The van der Waals surface area contributed by atoms with Crippen molar-refractivity contribution >= 4 is 14.1 Å². The summed E-state index contributed by atoms with van der Waals surface area (Å²) in [5.41, 5.74) is 1.24. The summed E-state index contributed by atoms with van der Waals surface area (Å²) in [6.45, 7) is 21.6. The molecule has 0 aromatic rings. The molecule has 1 aliphatic heterocycles. The summed E-state index contributed by atoms with van der Waals surface area (Å²) < 4.78 is 13.0. The third-order valence-corrected chi connectivity index (χ3v) is 11.0. The van der Waals surface area contributed by atoms with Crippen LogP contribution >= 0.6 is 0 Å². The number of Topliss-reactive ketones (excluding diaryl/α,β-unsaturated/α-hetero) is 1. The fraction of sp³-hybridized carbons (Fsp3) is 0.870. The van der Waals surface area contributed by atoms with Gasteiger partial charge in [0.1, 0.15) is 5.78 Å². The van der Waals surface area contributed by atoms with Crippen LogP contribution in [0.25, 0.3) is 0 Å². The molecule has 0 saturated carbocycles. The Hall–Kier alpha value is -0.453. The van der Waals surface area contributed by atoms with Gasteiger partial charge in [-0.15, -0.1) is 0 Å². The molecule has 0 bridgehead atoms. The van der Waals surface area contributed by atoms with Gasteiger partial charge in [0.2, 0.25) is 0 Å². The Morgan fingerprint density at radius 1 is 1.33 bits per heavy atom. The van der Waals surface area contributed by atoms with Crippen molar-refractivity contribution in [3.8, 4) is 0 Å². The predicted octanol–water partition coefficient (Wildman–Crippen LogP) is 6.68. The molecule has 0 amide bonds. The molecule has 158 valence electrons. The van der Waals surface area contributed by atoms with E-state index in [0.29, 0.717) is 6.10 Å². The van der Waals surface area contributed by atoms with Crippen molar-refractivity contribution in [3.63, 3.8) is 0 Å². The maximum absolute atomic E-state index is 11.8. The molecule has 0 aromatic heterocycles. The molecule has 0 spiro atoms. The third kappa shape index (κ3) is 7.82. The lowest BCUT2D eigenvalue weighted by Gasteiger charge is -2.40. The van der Waals surface area contributed by atoms with Crippen molar-refractivity contribution in [2.24, 2.45) is 5.92 Å². The number of rotatable bonds is 11. The minimum absolute atomic E-state index is 0.0461. The van der Waals surface area contributed by atoms with Crippen LogP contribution in [0.15, 0.2) is 12.2 Å². The minimum atomic E-state index is -1.87. The minimum Gasteiger partial charge on any atom is -0.414 e. The molecule has 0 radical (unpaired) electrons. The van der Waals surface area contributed by atoms with Gasteiger partial charge in [0.15, 0.2) is 8.32 Å². The van der Waals surface area contributed by atoms with E-state index in [1.54, 1.807) is 6.92 Å². The van der Waals surface area contributed by atoms with Crippen LogP contribution in [0.1, 0.15) is 86.5 Å². The lowest BCUT2D eigenvalue weighted by Crippen LogP contribution is -2.44. The molecular formula is C23H44O3Si. The van der Waals surface area contributed by atoms with Gasteiger partial charge in [0.25, 0.3) is 0 Å². The summed E-state index contributed by atoms with van der Waals surface area (Å²) in [5.74, 6) is 0.296. The van der Waals surface area contributed by atoms with E-state index in [0.717, 1.165) is 32.1 Å². The van der Waals surface area contributed by atoms with E-state index in [4.69, 9.17) is 9.16 Å². The van der Waals surface area contributed by atoms with Gasteiger partial charge in [0.05, 0.1) is 12.2 Å². The standard InChI is InChI=1S/C23H44O3Si/c1-10-11-12-20-16-18(3)22(25-20)14-13-21(15-17(2)19(4)24)26-27(8,9)23(5,6)7/h17,20-22H,3,10-16H2,1-2,4-9H3/t17-,20+,21-,22?/m1/s1. The summed E-state index contributed by atoms with van der Waals surface area (Å²) in [6, 6.07) is 0. The Kier molecular flexibility index (Phi) is 9.43. The normalized spacial score (nSPS) is 23.5. The van der Waals surface area contributed by atoms with Crippen molar-refractivity contribution < 1.29 is 14.0 Å². The molecule has 3 nitrogen and oxygen atoms in total. The zero-order valence-corrected chi connectivity index (χ0v) is 20.2. The lowest BCUT2D eigenvalue weighted by molar-refractivity contribution is -0.121. The van der Waals surface area contributed by atoms with Gasteiger partial charge in [-0.25, -0.2) is 0 Å². The number of unbranched alkanes of at least 4 members (excludes halogenated alkanes) is 1. The van der Waals surface area contributed by atoms with Crippen LogP contribution in [-0.2, 0) is 14.0 Å². The highest BCUT2D eigenvalue weighted by molar-refractivity contribution is 6.74. The first-order valence-electron chi connectivity index (χ1n) is 10.9. The highest BCUT2D eigenvalue weighted by Crippen LogP contribution is 2.39. The summed E-state index contributed by atoms with van der Waals surface area (Å²) in [6.07, 6.45) is 7.89.